The van der Waals surface area contributed by atoms with Crippen molar-refractivity contribution in [2.24, 2.45) is 0 Å². The fraction of sp³-hybridized carbons (Fsp3) is 0.0625. The SMILES string of the molecule is Nn1c(SCC(=O)Nc2ccc(Cl)c(Cl)c2)nnc1-c1ccccc1. The molecule has 0 spiro atoms. The Morgan fingerprint density at radius 2 is 1.88 bits per heavy atom. The number of rotatable bonds is 5. The van der Waals surface area contributed by atoms with E-state index in [-0.39, 0.29) is 11.7 Å². The number of nitrogens with two attached hydrogens (primary N) is 1. The molecule has 1 aromatic heterocycles. The quantitative estimate of drug-likeness (QED) is 0.509. The number of hydrogen-bond donors (Lipinski definition) is 2. The van der Waals surface area contributed by atoms with E-state index in [1.807, 2.05) is 30.3 Å². The van der Waals surface area contributed by atoms with Crippen molar-refractivity contribution in [2.75, 3.05) is 16.9 Å². The maximum atomic E-state index is 12.1. The molecular formula is C16H13Cl2N5OS. The van der Waals surface area contributed by atoms with Crippen molar-refractivity contribution in [3.8, 4) is 11.4 Å². The zero-order chi connectivity index (χ0) is 17.8. The number of anilines is 1. The lowest BCUT2D eigenvalue weighted by atomic mass is 10.2. The van der Waals surface area contributed by atoms with Gasteiger partial charge in [-0.3, -0.25) is 4.79 Å². The van der Waals surface area contributed by atoms with E-state index in [1.165, 1.54) is 16.4 Å². The molecule has 0 aliphatic rings. The summed E-state index contributed by atoms with van der Waals surface area (Å²) in [6, 6.07) is 14.3. The third-order valence-corrected chi connectivity index (χ3v) is 4.91. The van der Waals surface area contributed by atoms with E-state index < -0.39 is 0 Å². The van der Waals surface area contributed by atoms with Gasteiger partial charge in [0.05, 0.1) is 15.8 Å². The summed E-state index contributed by atoms with van der Waals surface area (Å²) in [4.78, 5) is 12.1. The van der Waals surface area contributed by atoms with Crippen molar-refractivity contribution in [1.29, 1.82) is 0 Å². The first-order valence-electron chi connectivity index (χ1n) is 7.18. The number of carbonyl (C=O) groups is 1. The summed E-state index contributed by atoms with van der Waals surface area (Å²) in [5, 5.41) is 12.1. The predicted octanol–water partition coefficient (Wildman–Crippen LogP) is 3.70. The molecule has 3 rings (SSSR count). The Morgan fingerprint density at radius 1 is 1.12 bits per heavy atom. The number of nitrogens with one attached hydrogen (secondary N) is 1. The summed E-state index contributed by atoms with van der Waals surface area (Å²) >= 11 is 13.0. The van der Waals surface area contributed by atoms with E-state index in [4.69, 9.17) is 29.0 Å². The van der Waals surface area contributed by atoms with Gasteiger partial charge < -0.3 is 11.2 Å². The molecule has 0 saturated carbocycles. The van der Waals surface area contributed by atoms with Crippen LogP contribution in [0.5, 0.6) is 0 Å². The van der Waals surface area contributed by atoms with Gasteiger partial charge in [-0.05, 0) is 18.2 Å². The van der Waals surface area contributed by atoms with Crippen LogP contribution in [-0.4, -0.2) is 26.5 Å². The van der Waals surface area contributed by atoms with Gasteiger partial charge in [0, 0.05) is 11.3 Å². The molecule has 3 N–H and O–H groups in total. The molecule has 1 heterocycles. The Balaban J connectivity index is 1.63. The molecule has 0 aliphatic heterocycles. The Labute approximate surface area is 158 Å². The zero-order valence-electron chi connectivity index (χ0n) is 12.8. The molecule has 1 amide bonds. The normalized spacial score (nSPS) is 10.6. The Bertz CT molecular complexity index is 901. The average molecular weight is 394 g/mol. The zero-order valence-corrected chi connectivity index (χ0v) is 15.1. The van der Waals surface area contributed by atoms with Crippen LogP contribution in [0.3, 0.4) is 0 Å². The van der Waals surface area contributed by atoms with Gasteiger partial charge in [0.2, 0.25) is 11.1 Å². The molecule has 0 unspecified atom stereocenters. The van der Waals surface area contributed by atoms with Gasteiger partial charge >= 0.3 is 0 Å². The minimum absolute atomic E-state index is 0.129. The summed E-state index contributed by atoms with van der Waals surface area (Å²) in [7, 11) is 0. The summed E-state index contributed by atoms with van der Waals surface area (Å²) in [5.74, 6) is 6.47. The van der Waals surface area contributed by atoms with Crippen LogP contribution in [-0.2, 0) is 4.79 Å². The largest absolute Gasteiger partial charge is 0.335 e. The van der Waals surface area contributed by atoms with Crippen molar-refractivity contribution in [1.82, 2.24) is 14.9 Å². The first kappa shape index (κ1) is 17.6. The Morgan fingerprint density at radius 3 is 2.60 bits per heavy atom. The number of halogens is 2. The average Bonchev–Trinajstić information content (AvgIpc) is 2.98. The minimum Gasteiger partial charge on any atom is -0.335 e. The van der Waals surface area contributed by atoms with E-state index in [9.17, 15) is 4.79 Å². The second-order valence-corrected chi connectivity index (χ2v) is 6.76. The lowest BCUT2D eigenvalue weighted by Crippen LogP contribution is -2.16. The standard InChI is InChI=1S/C16H13Cl2N5OS/c17-12-7-6-11(8-13(12)18)20-14(24)9-25-16-22-21-15(23(16)19)10-4-2-1-3-5-10/h1-8H,9,19H2,(H,20,24). The van der Waals surface area contributed by atoms with Gasteiger partial charge in [0.15, 0.2) is 5.82 Å². The molecule has 0 bridgehead atoms. The molecule has 3 aromatic rings. The van der Waals surface area contributed by atoms with Crippen LogP contribution in [0.1, 0.15) is 0 Å². The molecule has 0 saturated heterocycles. The van der Waals surface area contributed by atoms with Gasteiger partial charge in [-0.1, -0.05) is 65.3 Å². The third kappa shape index (κ3) is 4.25. The molecular weight excluding hydrogens is 381 g/mol. The fourth-order valence-corrected chi connectivity index (χ4v) is 3.02. The molecule has 0 radical (unpaired) electrons. The number of thioether (sulfide) groups is 1. The van der Waals surface area contributed by atoms with Gasteiger partial charge in [0.1, 0.15) is 0 Å². The second-order valence-electron chi connectivity index (χ2n) is 5.01. The first-order valence-corrected chi connectivity index (χ1v) is 8.92. The van der Waals surface area contributed by atoms with Crippen molar-refractivity contribution in [3.05, 3.63) is 58.6 Å². The number of nitrogens with zero attached hydrogens (tertiary/aromatic N) is 3. The number of carbonyl (C=O) groups excluding carboxylic acids is 1. The molecule has 0 atom stereocenters. The molecule has 128 valence electrons. The maximum Gasteiger partial charge on any atom is 0.234 e. The molecule has 2 aromatic carbocycles. The number of amides is 1. The fourth-order valence-electron chi connectivity index (χ4n) is 2.06. The lowest BCUT2D eigenvalue weighted by molar-refractivity contribution is -0.113. The van der Waals surface area contributed by atoms with Crippen LogP contribution in [0, 0.1) is 0 Å². The Kier molecular flexibility index (Phi) is 5.47. The summed E-state index contributed by atoms with van der Waals surface area (Å²) in [6.07, 6.45) is 0. The first-order chi connectivity index (χ1) is 12.0. The molecule has 6 nitrogen and oxygen atoms in total. The van der Waals surface area contributed by atoms with E-state index in [2.05, 4.69) is 15.5 Å². The van der Waals surface area contributed by atoms with Crippen molar-refractivity contribution < 1.29 is 4.79 Å². The van der Waals surface area contributed by atoms with Crippen LogP contribution in [0.4, 0.5) is 5.69 Å². The number of benzene rings is 2. The van der Waals surface area contributed by atoms with Crippen molar-refractivity contribution in [3.63, 3.8) is 0 Å². The van der Waals surface area contributed by atoms with Crippen LogP contribution in [0.15, 0.2) is 53.7 Å². The highest BCUT2D eigenvalue weighted by Crippen LogP contribution is 2.25. The predicted molar refractivity (Wildman–Crippen MR) is 101 cm³/mol. The topological polar surface area (TPSA) is 85.8 Å². The molecule has 25 heavy (non-hydrogen) atoms. The highest BCUT2D eigenvalue weighted by molar-refractivity contribution is 7.99. The van der Waals surface area contributed by atoms with Gasteiger partial charge in [0.25, 0.3) is 0 Å². The lowest BCUT2D eigenvalue weighted by Gasteiger charge is -2.06. The van der Waals surface area contributed by atoms with Crippen molar-refractivity contribution >= 4 is 46.6 Å². The van der Waals surface area contributed by atoms with Crippen LogP contribution >= 0.6 is 35.0 Å². The third-order valence-electron chi connectivity index (χ3n) is 3.23. The van der Waals surface area contributed by atoms with Crippen molar-refractivity contribution in [2.45, 2.75) is 5.16 Å². The second kappa shape index (κ2) is 7.77. The van der Waals surface area contributed by atoms with Crippen LogP contribution in [0.2, 0.25) is 10.0 Å². The molecule has 0 aliphatic carbocycles. The van der Waals surface area contributed by atoms with Gasteiger partial charge in [-0.2, -0.15) is 0 Å². The summed E-state index contributed by atoms with van der Waals surface area (Å²) in [5.41, 5.74) is 1.42. The monoisotopic (exact) mass is 393 g/mol. The summed E-state index contributed by atoms with van der Waals surface area (Å²) < 4.78 is 1.37. The van der Waals surface area contributed by atoms with Crippen LogP contribution < -0.4 is 11.2 Å². The number of aromatic nitrogens is 3. The van der Waals surface area contributed by atoms with Crippen LogP contribution in [0.25, 0.3) is 11.4 Å². The van der Waals surface area contributed by atoms with E-state index >= 15 is 0 Å². The maximum absolute atomic E-state index is 12.1. The minimum atomic E-state index is -0.215. The highest BCUT2D eigenvalue weighted by atomic mass is 35.5. The Hall–Kier alpha value is -2.22. The van der Waals surface area contributed by atoms with E-state index in [1.54, 1.807) is 18.2 Å². The number of nitrogen functional groups attached to an aromatic ring is 1. The van der Waals surface area contributed by atoms with Gasteiger partial charge in [-0.15, -0.1) is 10.2 Å². The smallest absolute Gasteiger partial charge is 0.234 e. The highest BCUT2D eigenvalue weighted by Gasteiger charge is 2.13. The van der Waals surface area contributed by atoms with Gasteiger partial charge in [-0.25, -0.2) is 4.68 Å². The van der Waals surface area contributed by atoms with E-state index in [0.29, 0.717) is 26.7 Å². The van der Waals surface area contributed by atoms with E-state index in [0.717, 1.165) is 5.56 Å². The summed E-state index contributed by atoms with van der Waals surface area (Å²) in [6.45, 7) is 0. The molecule has 0 fully saturated rings. The molecule has 9 heteroatoms. The number of hydrogen-bond acceptors (Lipinski definition) is 5.